The minimum Gasteiger partial charge on any atom is -0.384 e. The van der Waals surface area contributed by atoms with E-state index in [9.17, 15) is 0 Å². The molecule has 6 heterocycles. The van der Waals surface area contributed by atoms with Crippen molar-refractivity contribution in [2.24, 2.45) is 47.1 Å². The van der Waals surface area contributed by atoms with Crippen LogP contribution in [0.3, 0.4) is 0 Å². The molecule has 9 rings (SSSR count). The average molecular weight is 932 g/mol. The van der Waals surface area contributed by atoms with E-state index in [2.05, 4.69) is 82.7 Å². The van der Waals surface area contributed by atoms with Crippen molar-refractivity contribution in [1.29, 1.82) is 10.8 Å². The van der Waals surface area contributed by atoms with Crippen molar-refractivity contribution in [2.45, 2.75) is 6.92 Å². The summed E-state index contributed by atoms with van der Waals surface area (Å²) in [5.41, 5.74) is 36.1. The van der Waals surface area contributed by atoms with E-state index in [4.69, 9.17) is 52.3 Å². The number of azo groups is 3. The van der Waals surface area contributed by atoms with Crippen LogP contribution in [0.25, 0.3) is 32.3 Å². The molecule has 0 radical (unpaired) electrons. The van der Waals surface area contributed by atoms with Gasteiger partial charge in [0, 0.05) is 85.0 Å². The molecule has 0 saturated carbocycles. The smallest absolute Gasteiger partial charge is 0.174 e. The molecule has 71 heavy (non-hydrogen) atoms. The summed E-state index contributed by atoms with van der Waals surface area (Å²) in [7, 11) is 0. The zero-order valence-electron chi connectivity index (χ0n) is 37.3. The van der Waals surface area contributed by atoms with Crippen LogP contribution in [-0.2, 0) is 0 Å². The van der Waals surface area contributed by atoms with Gasteiger partial charge in [0.1, 0.15) is 46.0 Å². The zero-order valence-corrected chi connectivity index (χ0v) is 37.3. The van der Waals surface area contributed by atoms with Gasteiger partial charge in [0.25, 0.3) is 0 Å². The number of anilines is 4. The maximum Gasteiger partial charge on any atom is 0.174 e. The van der Waals surface area contributed by atoms with Crippen LogP contribution in [0.1, 0.15) is 33.5 Å². The summed E-state index contributed by atoms with van der Waals surface area (Å²) in [4.78, 5) is 30.8. The third-order valence-electron chi connectivity index (χ3n) is 10.7. The lowest BCUT2D eigenvalue weighted by molar-refractivity contribution is 1.15. The summed E-state index contributed by atoms with van der Waals surface area (Å²) >= 11 is 0. The highest BCUT2D eigenvalue weighted by molar-refractivity contribution is 6.12. The number of nitrogens with two attached hydrogens (primary N) is 5. The minimum absolute atomic E-state index is 0.00854. The number of pyridine rings is 6. The predicted octanol–water partition coefficient (Wildman–Crippen LogP) is 9.54. The van der Waals surface area contributed by atoms with Crippen LogP contribution in [0.4, 0.5) is 63.3 Å². The highest BCUT2D eigenvalue weighted by Gasteiger charge is 2.17. The molecule has 0 aliphatic carbocycles. The van der Waals surface area contributed by atoms with Crippen LogP contribution >= 0.6 is 0 Å². The number of aromatic nitrogens is 6. The van der Waals surface area contributed by atoms with Gasteiger partial charge in [-0.15, -0.1) is 43.5 Å². The normalized spacial score (nSPS) is 11.7. The van der Waals surface area contributed by atoms with Crippen LogP contribution in [0.5, 0.6) is 0 Å². The molecule has 9 aromatic rings. The maximum absolute atomic E-state index is 8.90. The number of aliphatic imine (C=N–C) groups is 1. The SMILES string of the molecule is C#Cc1ccc2cnc(N)c(/N=N/c3ccc(/C(N)=N/c4nc(N)c(/N=N/c5ccc(C(=N)Nc6cc(C)cc7c(/N=N/c8ccc(C(=N)N)cn8)c(N)ncc67)nc5)c5cc(C#C)ccc45)cn3)c2c1. The summed E-state index contributed by atoms with van der Waals surface area (Å²) in [6, 6.07) is 24.2. The lowest BCUT2D eigenvalue weighted by atomic mass is 10.1. The molecule has 0 bridgehead atoms. The van der Waals surface area contributed by atoms with Crippen molar-refractivity contribution >= 4 is 113 Å². The number of nitrogen functional groups attached to an aromatic ring is 4. The Hall–Kier alpha value is -10.9. The zero-order chi connectivity index (χ0) is 49.8. The molecule has 342 valence electrons. The lowest BCUT2D eigenvalue weighted by Crippen LogP contribution is -2.14. The minimum atomic E-state index is -0.113. The highest BCUT2D eigenvalue weighted by Crippen LogP contribution is 2.39. The third-order valence-corrected chi connectivity index (χ3v) is 10.7. The molecule has 13 N–H and O–H groups in total. The number of amidine groups is 3. The fraction of sp³-hybridized carbons (Fsp3) is 0.0200. The molecule has 3 aromatic carbocycles. The van der Waals surface area contributed by atoms with E-state index in [-0.39, 0.29) is 58.1 Å². The van der Waals surface area contributed by atoms with Crippen LogP contribution in [0, 0.1) is 42.4 Å². The first-order chi connectivity index (χ1) is 34.3. The molecule has 0 amide bonds. The number of hydrogen-bond donors (Lipinski definition) is 8. The quantitative estimate of drug-likeness (QED) is 0.0260. The predicted molar refractivity (Wildman–Crippen MR) is 276 cm³/mol. The first-order valence-electron chi connectivity index (χ1n) is 21.1. The topological polar surface area (TPSA) is 354 Å². The lowest BCUT2D eigenvalue weighted by Gasteiger charge is -2.13. The molecule has 0 fully saturated rings. The fourth-order valence-electron chi connectivity index (χ4n) is 7.14. The number of fused-ring (bicyclic) bond motifs is 3. The van der Waals surface area contributed by atoms with Crippen LogP contribution in [0.15, 0.2) is 152 Å². The van der Waals surface area contributed by atoms with Gasteiger partial charge in [-0.2, -0.15) is 0 Å². The summed E-state index contributed by atoms with van der Waals surface area (Å²) in [6.07, 6.45) is 19.0. The van der Waals surface area contributed by atoms with Crippen molar-refractivity contribution in [3.63, 3.8) is 0 Å². The van der Waals surface area contributed by atoms with E-state index < -0.39 is 0 Å². The van der Waals surface area contributed by atoms with Gasteiger partial charge >= 0.3 is 0 Å². The van der Waals surface area contributed by atoms with Crippen molar-refractivity contribution < 1.29 is 0 Å². The summed E-state index contributed by atoms with van der Waals surface area (Å²) < 4.78 is 0. The van der Waals surface area contributed by atoms with Gasteiger partial charge in [0.05, 0.1) is 6.20 Å². The maximum atomic E-state index is 8.90. The van der Waals surface area contributed by atoms with Crippen LogP contribution in [-0.4, -0.2) is 47.4 Å². The molecule has 6 aromatic heterocycles. The second-order valence-electron chi connectivity index (χ2n) is 15.5. The summed E-state index contributed by atoms with van der Waals surface area (Å²) in [5.74, 6) is 6.33. The highest BCUT2D eigenvalue weighted by atomic mass is 15.2. The Morgan fingerprint density at radius 1 is 0.563 bits per heavy atom. The van der Waals surface area contributed by atoms with Crippen molar-refractivity contribution in [1.82, 2.24) is 29.9 Å². The van der Waals surface area contributed by atoms with Gasteiger partial charge in [-0.1, -0.05) is 17.9 Å². The Bertz CT molecular complexity index is 3850. The Kier molecular flexibility index (Phi) is 12.2. The van der Waals surface area contributed by atoms with E-state index in [0.717, 1.165) is 10.9 Å². The Morgan fingerprint density at radius 2 is 1.18 bits per heavy atom. The average Bonchev–Trinajstić information content (AvgIpc) is 3.37. The summed E-state index contributed by atoms with van der Waals surface area (Å²) in [5, 5.41) is 49.5. The number of aryl methyl sites for hydroxylation is 1. The van der Waals surface area contributed by atoms with Crippen LogP contribution < -0.4 is 34.0 Å². The standard InChI is InChI=1S/C50H37N21/c1-4-26-6-8-28-20-61-47(55)41(33(28)18-26)70-67-40-15-10-30(22-60-40)45(53)64-50-32-12-7-27(5-2)19-35(32)43(49(57)65-50)69-66-31-11-13-37(58-23-31)46(54)63-38-17-25(3)16-34-36(38)24-62-48(56)42(34)71-68-39-14-9-29(21-59-39)44(51)52/h1-2,6-24H,3H3,(H3,51,52)(H2,54,63)(H2,55,61)(H2,56,62)(H4,53,57,64,65)/b69-66+,70-67+,71-68+. The Balaban J connectivity index is 0.929. The Morgan fingerprint density at radius 3 is 1.83 bits per heavy atom. The van der Waals surface area contributed by atoms with Gasteiger partial charge < -0.3 is 34.0 Å². The van der Waals surface area contributed by atoms with Crippen molar-refractivity contribution in [3.05, 3.63) is 149 Å². The number of nitrogens with one attached hydrogen (secondary N) is 3. The van der Waals surface area contributed by atoms with Gasteiger partial charge in [-0.3, -0.25) is 15.8 Å². The number of nitrogens with zero attached hydrogens (tertiary/aromatic N) is 13. The van der Waals surface area contributed by atoms with E-state index in [0.29, 0.717) is 77.6 Å². The molecule has 0 atom stereocenters. The fourth-order valence-corrected chi connectivity index (χ4v) is 7.14. The number of terminal acetylenes is 2. The molecule has 21 nitrogen and oxygen atoms in total. The molecule has 0 aliphatic rings. The van der Waals surface area contributed by atoms with Gasteiger partial charge in [0.2, 0.25) is 0 Å². The van der Waals surface area contributed by atoms with E-state index in [1.165, 1.54) is 18.6 Å². The molecular weight excluding hydrogens is 895 g/mol. The largest absolute Gasteiger partial charge is 0.384 e. The molecule has 0 saturated heterocycles. The van der Waals surface area contributed by atoms with Crippen LogP contribution in [0.2, 0.25) is 0 Å². The van der Waals surface area contributed by atoms with Gasteiger partial charge in [0.15, 0.2) is 34.9 Å². The Labute approximate surface area is 403 Å². The molecule has 0 unspecified atom stereocenters. The molecular formula is C50H37N21. The summed E-state index contributed by atoms with van der Waals surface area (Å²) in [6.45, 7) is 1.90. The van der Waals surface area contributed by atoms with Crippen molar-refractivity contribution in [3.8, 4) is 24.7 Å². The van der Waals surface area contributed by atoms with E-state index in [1.807, 2.05) is 25.1 Å². The van der Waals surface area contributed by atoms with Crippen molar-refractivity contribution in [2.75, 3.05) is 22.5 Å². The number of benzene rings is 3. The number of hydrogen-bond acceptors (Lipinski definition) is 18. The second kappa shape index (κ2) is 19.1. The number of rotatable bonds is 11. The molecule has 0 spiro atoms. The van der Waals surface area contributed by atoms with Gasteiger partial charge in [-0.05, 0) is 91.3 Å². The monoisotopic (exact) mass is 931 g/mol. The second-order valence-corrected chi connectivity index (χ2v) is 15.5. The molecule has 0 aliphatic heterocycles. The first-order valence-corrected chi connectivity index (χ1v) is 21.1. The molecule has 21 heteroatoms. The van der Waals surface area contributed by atoms with E-state index in [1.54, 1.807) is 79.1 Å². The third kappa shape index (κ3) is 9.53. The van der Waals surface area contributed by atoms with E-state index >= 15 is 0 Å². The van der Waals surface area contributed by atoms with Gasteiger partial charge in [-0.25, -0.2) is 29.9 Å². The first kappa shape index (κ1) is 45.2.